The van der Waals surface area contributed by atoms with Crippen molar-refractivity contribution in [3.8, 4) is 5.75 Å². The Bertz CT molecular complexity index is 353. The Balaban J connectivity index is 2.31. The Labute approximate surface area is 102 Å². The summed E-state index contributed by atoms with van der Waals surface area (Å²) in [6.07, 6.45) is 2.72. The quantitative estimate of drug-likeness (QED) is 0.413. The zero-order chi connectivity index (χ0) is 12.5. The molecule has 0 aromatic heterocycles. The first-order chi connectivity index (χ1) is 8.26. The highest BCUT2D eigenvalue weighted by molar-refractivity contribution is 5.59. The summed E-state index contributed by atoms with van der Waals surface area (Å²) in [5.74, 6) is 0.750. The van der Waals surface area contributed by atoms with Gasteiger partial charge in [-0.2, -0.15) is 0 Å². The van der Waals surface area contributed by atoms with E-state index in [9.17, 15) is 0 Å². The van der Waals surface area contributed by atoms with E-state index in [1.807, 2.05) is 18.2 Å². The number of nitrogen functional groups attached to an aromatic ring is 1. The normalized spacial score (nSPS) is 9.94. The van der Waals surface area contributed by atoms with E-state index in [2.05, 4.69) is 11.9 Å². The van der Waals surface area contributed by atoms with Gasteiger partial charge in [0.15, 0.2) is 0 Å². The van der Waals surface area contributed by atoms with Crippen LogP contribution in [0.2, 0.25) is 0 Å². The minimum absolute atomic E-state index is 0.658. The smallest absolute Gasteiger partial charge is 0.122 e. The lowest BCUT2D eigenvalue weighted by Gasteiger charge is -2.09. The maximum absolute atomic E-state index is 5.74. The van der Waals surface area contributed by atoms with E-state index in [1.165, 1.54) is 0 Å². The molecule has 1 aromatic rings. The molecule has 0 saturated carbocycles. The molecule has 0 fully saturated rings. The van der Waals surface area contributed by atoms with Crippen LogP contribution in [-0.2, 0) is 4.74 Å². The molecular formula is C13H20N2O2. The molecular weight excluding hydrogens is 216 g/mol. The second-order valence-electron chi connectivity index (χ2n) is 3.61. The first-order valence-electron chi connectivity index (χ1n) is 5.63. The van der Waals surface area contributed by atoms with Crippen LogP contribution in [0.15, 0.2) is 30.9 Å². The third-order valence-corrected chi connectivity index (χ3v) is 2.21. The van der Waals surface area contributed by atoms with Crippen LogP contribution in [-0.4, -0.2) is 26.9 Å². The summed E-state index contributed by atoms with van der Waals surface area (Å²) in [5.41, 5.74) is 7.36. The molecule has 0 aliphatic rings. The van der Waals surface area contributed by atoms with Gasteiger partial charge in [-0.1, -0.05) is 6.08 Å². The number of benzene rings is 1. The second kappa shape index (κ2) is 7.57. The summed E-state index contributed by atoms with van der Waals surface area (Å²) in [5, 5.41) is 3.23. The molecule has 1 rings (SSSR count). The van der Waals surface area contributed by atoms with E-state index in [0.29, 0.717) is 18.9 Å². The van der Waals surface area contributed by atoms with E-state index >= 15 is 0 Å². The van der Waals surface area contributed by atoms with E-state index in [4.69, 9.17) is 15.2 Å². The molecule has 0 atom stereocenters. The van der Waals surface area contributed by atoms with Gasteiger partial charge >= 0.3 is 0 Å². The van der Waals surface area contributed by atoms with E-state index in [-0.39, 0.29) is 0 Å². The van der Waals surface area contributed by atoms with Crippen molar-refractivity contribution in [1.29, 1.82) is 0 Å². The average Bonchev–Trinajstić information content (AvgIpc) is 2.33. The van der Waals surface area contributed by atoms with Crippen LogP contribution in [0, 0.1) is 0 Å². The fraction of sp³-hybridized carbons (Fsp3) is 0.385. The summed E-state index contributed by atoms with van der Waals surface area (Å²) >= 11 is 0. The third-order valence-electron chi connectivity index (χ3n) is 2.21. The zero-order valence-electron chi connectivity index (χ0n) is 10.2. The van der Waals surface area contributed by atoms with Gasteiger partial charge in [-0.3, -0.25) is 0 Å². The fourth-order valence-electron chi connectivity index (χ4n) is 1.38. The number of ether oxygens (including phenoxy) is 2. The summed E-state index contributed by atoms with van der Waals surface area (Å²) in [6, 6.07) is 5.55. The van der Waals surface area contributed by atoms with Gasteiger partial charge in [0.05, 0.1) is 20.3 Å². The van der Waals surface area contributed by atoms with Crippen molar-refractivity contribution in [2.75, 3.05) is 37.9 Å². The molecule has 0 radical (unpaired) electrons. The zero-order valence-corrected chi connectivity index (χ0v) is 10.2. The van der Waals surface area contributed by atoms with Crippen molar-refractivity contribution in [2.45, 2.75) is 6.42 Å². The Kier molecular flexibility index (Phi) is 5.96. The average molecular weight is 236 g/mol. The Morgan fingerprint density at radius 3 is 2.88 bits per heavy atom. The van der Waals surface area contributed by atoms with Gasteiger partial charge in [0, 0.05) is 30.1 Å². The van der Waals surface area contributed by atoms with Gasteiger partial charge < -0.3 is 20.5 Å². The van der Waals surface area contributed by atoms with Crippen LogP contribution >= 0.6 is 0 Å². The van der Waals surface area contributed by atoms with Crippen LogP contribution < -0.4 is 15.8 Å². The minimum atomic E-state index is 0.658. The summed E-state index contributed by atoms with van der Waals surface area (Å²) < 4.78 is 10.5. The number of nitrogens with one attached hydrogen (secondary N) is 1. The van der Waals surface area contributed by atoms with E-state index in [0.717, 1.165) is 24.4 Å². The molecule has 4 nitrogen and oxygen atoms in total. The maximum atomic E-state index is 5.74. The fourth-order valence-corrected chi connectivity index (χ4v) is 1.38. The van der Waals surface area contributed by atoms with E-state index in [1.54, 1.807) is 13.2 Å². The molecule has 0 unspecified atom stereocenters. The van der Waals surface area contributed by atoms with Gasteiger partial charge in [-0.25, -0.2) is 0 Å². The number of methoxy groups -OCH3 is 1. The molecule has 1 aromatic carbocycles. The molecule has 94 valence electrons. The van der Waals surface area contributed by atoms with Gasteiger partial charge in [0.25, 0.3) is 0 Å². The Morgan fingerprint density at radius 1 is 1.35 bits per heavy atom. The standard InChI is InChI=1S/C13H20N2O2/c1-3-4-6-17-7-5-15-12-8-11(14)9-13(10-12)16-2/h3,8-10,15H,1,4-7,14H2,2H3. The number of nitrogens with two attached hydrogens (primary N) is 1. The van der Waals surface area contributed by atoms with Crippen LogP contribution in [0.5, 0.6) is 5.75 Å². The molecule has 4 heteroatoms. The lowest BCUT2D eigenvalue weighted by Crippen LogP contribution is -2.10. The largest absolute Gasteiger partial charge is 0.497 e. The molecule has 0 aliphatic carbocycles. The number of rotatable bonds is 8. The predicted octanol–water partition coefficient (Wildman–Crippen LogP) is 2.28. The van der Waals surface area contributed by atoms with Crippen molar-refractivity contribution in [3.05, 3.63) is 30.9 Å². The van der Waals surface area contributed by atoms with Gasteiger partial charge in [-0.05, 0) is 12.5 Å². The molecule has 0 saturated heterocycles. The van der Waals surface area contributed by atoms with Crippen LogP contribution in [0.4, 0.5) is 11.4 Å². The van der Waals surface area contributed by atoms with Crippen molar-refractivity contribution >= 4 is 11.4 Å². The van der Waals surface area contributed by atoms with Crippen LogP contribution in [0.1, 0.15) is 6.42 Å². The van der Waals surface area contributed by atoms with Crippen molar-refractivity contribution < 1.29 is 9.47 Å². The minimum Gasteiger partial charge on any atom is -0.497 e. The van der Waals surface area contributed by atoms with Gasteiger partial charge in [0.2, 0.25) is 0 Å². The highest BCUT2D eigenvalue weighted by Crippen LogP contribution is 2.21. The van der Waals surface area contributed by atoms with Crippen molar-refractivity contribution in [2.24, 2.45) is 0 Å². The van der Waals surface area contributed by atoms with Crippen molar-refractivity contribution in [1.82, 2.24) is 0 Å². The van der Waals surface area contributed by atoms with Crippen LogP contribution in [0.3, 0.4) is 0 Å². The Hall–Kier alpha value is -1.68. The van der Waals surface area contributed by atoms with Gasteiger partial charge in [0.1, 0.15) is 5.75 Å². The first kappa shape index (κ1) is 13.4. The lowest BCUT2D eigenvalue weighted by molar-refractivity contribution is 0.149. The van der Waals surface area contributed by atoms with E-state index < -0.39 is 0 Å². The van der Waals surface area contributed by atoms with Gasteiger partial charge in [-0.15, -0.1) is 6.58 Å². The highest BCUT2D eigenvalue weighted by Gasteiger charge is 1.98. The molecule has 0 spiro atoms. The predicted molar refractivity (Wildman–Crippen MR) is 71.5 cm³/mol. The molecule has 17 heavy (non-hydrogen) atoms. The number of hydrogen-bond donors (Lipinski definition) is 2. The topological polar surface area (TPSA) is 56.5 Å². The lowest BCUT2D eigenvalue weighted by atomic mass is 10.2. The highest BCUT2D eigenvalue weighted by atomic mass is 16.5. The van der Waals surface area contributed by atoms with Crippen molar-refractivity contribution in [3.63, 3.8) is 0 Å². The maximum Gasteiger partial charge on any atom is 0.122 e. The van der Waals surface area contributed by atoms with Crippen LogP contribution in [0.25, 0.3) is 0 Å². The molecule has 0 bridgehead atoms. The Morgan fingerprint density at radius 2 is 2.18 bits per heavy atom. The number of anilines is 2. The molecule has 0 heterocycles. The summed E-state index contributed by atoms with van der Waals surface area (Å²) in [6.45, 7) is 5.74. The molecule has 0 aliphatic heterocycles. The number of hydrogen-bond acceptors (Lipinski definition) is 4. The third kappa shape index (κ3) is 5.26. The molecule has 0 amide bonds. The summed E-state index contributed by atoms with van der Waals surface area (Å²) in [4.78, 5) is 0. The molecule has 3 N–H and O–H groups in total. The first-order valence-corrected chi connectivity index (χ1v) is 5.63. The summed E-state index contributed by atoms with van der Waals surface area (Å²) in [7, 11) is 1.62. The SMILES string of the molecule is C=CCCOCCNc1cc(N)cc(OC)c1. The monoisotopic (exact) mass is 236 g/mol. The second-order valence-corrected chi connectivity index (χ2v) is 3.61.